The number of carbonyl (C=O) groups excluding carboxylic acids is 2. The molecule has 2 amide bonds. The number of amides is 2. The smallest absolute Gasteiger partial charge is 0.264 e. The summed E-state index contributed by atoms with van der Waals surface area (Å²) in [7, 11) is 1.53. The Labute approximate surface area is 137 Å². The van der Waals surface area contributed by atoms with Crippen molar-refractivity contribution < 1.29 is 9.59 Å². The maximum Gasteiger partial charge on any atom is 0.264 e. The van der Waals surface area contributed by atoms with Gasteiger partial charge in [0.05, 0.1) is 0 Å². The predicted octanol–water partition coefficient (Wildman–Crippen LogP) is 0.182. The summed E-state index contributed by atoms with van der Waals surface area (Å²) in [5, 5.41) is 2.55. The Kier molecular flexibility index (Phi) is 4.37. The second kappa shape index (κ2) is 6.61. The molecule has 1 unspecified atom stereocenters. The molecule has 1 fully saturated rings. The highest BCUT2D eigenvalue weighted by Crippen LogP contribution is 2.19. The minimum absolute atomic E-state index is 0.0783. The van der Waals surface area contributed by atoms with E-state index >= 15 is 0 Å². The van der Waals surface area contributed by atoms with E-state index in [0.717, 1.165) is 6.42 Å². The highest BCUT2D eigenvalue weighted by Gasteiger charge is 2.35. The summed E-state index contributed by atoms with van der Waals surface area (Å²) in [4.78, 5) is 49.0. The molecule has 0 aliphatic carbocycles. The van der Waals surface area contributed by atoms with E-state index in [-0.39, 0.29) is 11.5 Å². The van der Waals surface area contributed by atoms with E-state index in [4.69, 9.17) is 0 Å². The van der Waals surface area contributed by atoms with Gasteiger partial charge in [0.2, 0.25) is 5.91 Å². The fraction of sp³-hybridized carbons (Fsp3) is 0.312. The molecule has 24 heavy (non-hydrogen) atoms. The van der Waals surface area contributed by atoms with E-state index in [1.807, 2.05) is 0 Å². The van der Waals surface area contributed by atoms with Crippen LogP contribution in [-0.4, -0.2) is 51.3 Å². The van der Waals surface area contributed by atoms with Gasteiger partial charge in [-0.2, -0.15) is 0 Å². The van der Waals surface area contributed by atoms with Gasteiger partial charge in [0.15, 0.2) is 5.82 Å². The molecule has 0 bridgehead atoms. The van der Waals surface area contributed by atoms with Crippen molar-refractivity contribution in [3.8, 4) is 11.5 Å². The average Bonchev–Trinajstić information content (AvgIpc) is 3.11. The second-order valence-corrected chi connectivity index (χ2v) is 5.46. The lowest BCUT2D eigenvalue weighted by Gasteiger charge is -2.22. The Morgan fingerprint density at radius 2 is 2.17 bits per heavy atom. The number of likely N-dealkylation sites (N-methyl/N-ethyl adjacent to an activating group) is 1. The van der Waals surface area contributed by atoms with Crippen molar-refractivity contribution in [2.45, 2.75) is 18.9 Å². The summed E-state index contributed by atoms with van der Waals surface area (Å²) < 4.78 is 0. The van der Waals surface area contributed by atoms with Crippen molar-refractivity contribution in [2.75, 3.05) is 13.6 Å². The summed E-state index contributed by atoms with van der Waals surface area (Å²) >= 11 is 0. The van der Waals surface area contributed by atoms with Crippen LogP contribution in [0.1, 0.15) is 23.2 Å². The van der Waals surface area contributed by atoms with E-state index in [1.165, 1.54) is 18.1 Å². The Bertz CT molecular complexity index is 818. The Balaban J connectivity index is 1.88. The minimum atomic E-state index is -0.544. The number of carbonyl (C=O) groups is 2. The lowest BCUT2D eigenvalue weighted by molar-refractivity contribution is -0.124. The monoisotopic (exact) mass is 327 g/mol. The number of aromatic nitrogens is 3. The zero-order valence-corrected chi connectivity index (χ0v) is 13.2. The first-order valence-electron chi connectivity index (χ1n) is 7.65. The van der Waals surface area contributed by atoms with Gasteiger partial charge >= 0.3 is 0 Å². The van der Waals surface area contributed by atoms with Crippen LogP contribution in [0, 0.1) is 0 Å². The zero-order valence-electron chi connectivity index (χ0n) is 13.2. The highest BCUT2D eigenvalue weighted by molar-refractivity contribution is 5.97. The van der Waals surface area contributed by atoms with Gasteiger partial charge in [-0.25, -0.2) is 4.98 Å². The molecule has 124 valence electrons. The number of aromatic amines is 1. The zero-order chi connectivity index (χ0) is 17.1. The summed E-state index contributed by atoms with van der Waals surface area (Å²) in [6.45, 7) is 0.443. The summed E-state index contributed by atoms with van der Waals surface area (Å²) in [5.74, 6) is -0.417. The van der Waals surface area contributed by atoms with E-state index < -0.39 is 17.5 Å². The fourth-order valence-corrected chi connectivity index (χ4v) is 2.78. The first kappa shape index (κ1) is 15.9. The molecule has 0 radical (unpaired) electrons. The highest BCUT2D eigenvalue weighted by atomic mass is 16.2. The minimum Gasteiger partial charge on any atom is -0.357 e. The van der Waals surface area contributed by atoms with E-state index in [9.17, 15) is 14.4 Å². The maximum absolute atomic E-state index is 12.6. The summed E-state index contributed by atoms with van der Waals surface area (Å²) in [6.07, 6.45) is 4.14. The normalized spacial score (nSPS) is 16.9. The topological polar surface area (TPSA) is 108 Å². The molecule has 1 saturated heterocycles. The molecular formula is C16H17N5O3. The van der Waals surface area contributed by atoms with Gasteiger partial charge in [0.25, 0.3) is 11.5 Å². The van der Waals surface area contributed by atoms with Crippen LogP contribution >= 0.6 is 0 Å². The number of nitrogens with one attached hydrogen (secondary N) is 2. The van der Waals surface area contributed by atoms with Gasteiger partial charge in [-0.15, -0.1) is 0 Å². The van der Waals surface area contributed by atoms with Crippen molar-refractivity contribution in [2.24, 2.45) is 0 Å². The van der Waals surface area contributed by atoms with Crippen molar-refractivity contribution in [1.29, 1.82) is 0 Å². The van der Waals surface area contributed by atoms with Crippen LogP contribution in [-0.2, 0) is 4.79 Å². The predicted molar refractivity (Wildman–Crippen MR) is 86.2 cm³/mol. The van der Waals surface area contributed by atoms with Crippen molar-refractivity contribution in [3.63, 3.8) is 0 Å². The van der Waals surface area contributed by atoms with Gasteiger partial charge in [0, 0.05) is 26.0 Å². The van der Waals surface area contributed by atoms with Gasteiger partial charge in [0.1, 0.15) is 17.3 Å². The Morgan fingerprint density at radius 1 is 1.33 bits per heavy atom. The number of hydrogen-bond donors (Lipinski definition) is 2. The molecule has 0 aromatic carbocycles. The maximum atomic E-state index is 12.6. The third kappa shape index (κ3) is 2.90. The van der Waals surface area contributed by atoms with E-state index in [1.54, 1.807) is 24.4 Å². The first-order chi connectivity index (χ1) is 11.6. The molecule has 1 atom stereocenters. The first-order valence-corrected chi connectivity index (χ1v) is 7.65. The van der Waals surface area contributed by atoms with Crippen LogP contribution < -0.4 is 10.9 Å². The largest absolute Gasteiger partial charge is 0.357 e. The SMILES string of the molecule is CNC(=O)C1CCCN1C(=O)c1cnc(-c2ccccn2)[nH]c1=O. The molecule has 8 heteroatoms. The van der Waals surface area contributed by atoms with Crippen molar-refractivity contribution in [1.82, 2.24) is 25.2 Å². The van der Waals surface area contributed by atoms with Gasteiger partial charge < -0.3 is 15.2 Å². The van der Waals surface area contributed by atoms with Gasteiger partial charge in [-0.3, -0.25) is 19.4 Å². The molecule has 1 aliphatic heterocycles. The molecule has 1 aliphatic rings. The van der Waals surface area contributed by atoms with Crippen LogP contribution in [0.3, 0.4) is 0 Å². The van der Waals surface area contributed by atoms with E-state index in [0.29, 0.717) is 24.5 Å². The Morgan fingerprint density at radius 3 is 2.83 bits per heavy atom. The summed E-state index contributed by atoms with van der Waals surface area (Å²) in [6, 6.07) is 4.70. The quantitative estimate of drug-likeness (QED) is 0.836. The molecule has 2 N–H and O–H groups in total. The van der Waals surface area contributed by atoms with Gasteiger partial charge in [-0.05, 0) is 25.0 Å². The van der Waals surface area contributed by atoms with Crippen LogP contribution in [0.25, 0.3) is 11.5 Å². The lowest BCUT2D eigenvalue weighted by atomic mass is 10.2. The van der Waals surface area contributed by atoms with Crippen LogP contribution in [0.4, 0.5) is 0 Å². The van der Waals surface area contributed by atoms with E-state index in [2.05, 4.69) is 20.3 Å². The average molecular weight is 327 g/mol. The molecule has 2 aromatic rings. The second-order valence-electron chi connectivity index (χ2n) is 5.46. The number of pyridine rings is 1. The molecule has 3 rings (SSSR count). The lowest BCUT2D eigenvalue weighted by Crippen LogP contribution is -2.46. The van der Waals surface area contributed by atoms with Crippen LogP contribution in [0.2, 0.25) is 0 Å². The fourth-order valence-electron chi connectivity index (χ4n) is 2.78. The van der Waals surface area contributed by atoms with Gasteiger partial charge in [-0.1, -0.05) is 6.07 Å². The molecular weight excluding hydrogens is 310 g/mol. The Hall–Kier alpha value is -3.03. The molecule has 8 nitrogen and oxygen atoms in total. The third-order valence-electron chi connectivity index (χ3n) is 4.00. The van der Waals surface area contributed by atoms with Crippen LogP contribution in [0.5, 0.6) is 0 Å². The molecule has 2 aromatic heterocycles. The standard InChI is InChI=1S/C16H17N5O3/c1-17-15(23)12-6-4-8-21(12)16(24)10-9-19-13(20-14(10)22)11-5-2-3-7-18-11/h2-3,5,7,9,12H,4,6,8H2,1H3,(H,17,23)(H,19,20,22). The number of nitrogens with zero attached hydrogens (tertiary/aromatic N) is 3. The number of rotatable bonds is 3. The molecule has 3 heterocycles. The van der Waals surface area contributed by atoms with Crippen LogP contribution in [0.15, 0.2) is 35.4 Å². The van der Waals surface area contributed by atoms with Crippen molar-refractivity contribution in [3.05, 3.63) is 46.5 Å². The number of H-pyrrole nitrogens is 1. The third-order valence-corrected chi connectivity index (χ3v) is 4.00. The molecule has 0 spiro atoms. The molecule has 0 saturated carbocycles. The van der Waals surface area contributed by atoms with Crippen molar-refractivity contribution >= 4 is 11.8 Å². The number of hydrogen-bond acceptors (Lipinski definition) is 5. The number of likely N-dealkylation sites (tertiary alicyclic amines) is 1. The summed E-state index contributed by atoms with van der Waals surface area (Å²) in [5.41, 5.74) is -0.110.